The van der Waals surface area contributed by atoms with Gasteiger partial charge in [-0.1, -0.05) is 0 Å². The van der Waals surface area contributed by atoms with E-state index in [1.807, 2.05) is 6.20 Å². The van der Waals surface area contributed by atoms with Crippen LogP contribution in [0, 0.1) is 17.0 Å². The summed E-state index contributed by atoms with van der Waals surface area (Å²) in [6, 6.07) is 1.48. The summed E-state index contributed by atoms with van der Waals surface area (Å²) in [4.78, 5) is 14.2. The fourth-order valence-electron chi connectivity index (χ4n) is 1.66. The van der Waals surface area contributed by atoms with Crippen LogP contribution in [0.15, 0.2) is 24.7 Å². The second-order valence-corrected chi connectivity index (χ2v) is 4.23. The molecule has 0 aliphatic rings. The van der Waals surface area contributed by atoms with Gasteiger partial charge in [-0.3, -0.25) is 14.8 Å². The number of aryl methyl sites for hydroxylation is 1. The number of hydrogen-bond acceptors (Lipinski definition) is 6. The molecule has 0 saturated heterocycles. The Bertz CT molecular complexity index is 611. The summed E-state index contributed by atoms with van der Waals surface area (Å²) in [5, 5.41) is 17.9. The third-order valence-corrected chi connectivity index (χ3v) is 2.70. The molecule has 0 aliphatic heterocycles. The van der Waals surface area contributed by atoms with Crippen LogP contribution in [0.3, 0.4) is 0 Å². The number of hydrogen-bond donors (Lipinski definition) is 1. The maximum absolute atomic E-state index is 10.6. The Kier molecular flexibility index (Phi) is 4.26. The molecule has 0 amide bonds. The highest BCUT2D eigenvalue weighted by Gasteiger charge is 2.10. The minimum atomic E-state index is -0.466. The first-order valence-corrected chi connectivity index (χ1v) is 5.99. The topological polar surface area (TPSA) is 95.1 Å². The van der Waals surface area contributed by atoms with Crippen molar-refractivity contribution in [2.24, 2.45) is 0 Å². The summed E-state index contributed by atoms with van der Waals surface area (Å²) >= 11 is 0. The van der Waals surface area contributed by atoms with Gasteiger partial charge in [0.15, 0.2) is 0 Å². The third-order valence-electron chi connectivity index (χ3n) is 2.70. The monoisotopic (exact) mass is 277 g/mol. The zero-order chi connectivity index (χ0) is 14.5. The molecule has 0 unspecified atom stereocenters. The molecule has 20 heavy (non-hydrogen) atoms. The fourth-order valence-corrected chi connectivity index (χ4v) is 1.66. The first-order chi connectivity index (χ1) is 9.60. The quantitative estimate of drug-likeness (QED) is 0.640. The van der Waals surface area contributed by atoms with Gasteiger partial charge < -0.3 is 10.1 Å². The molecule has 0 saturated carbocycles. The van der Waals surface area contributed by atoms with E-state index >= 15 is 0 Å². The highest BCUT2D eigenvalue weighted by molar-refractivity contribution is 5.58. The number of ether oxygens (including phenoxy) is 1. The molecule has 8 heteroatoms. The maximum atomic E-state index is 10.6. The number of methoxy groups -OCH3 is 1. The van der Waals surface area contributed by atoms with Crippen LogP contribution < -0.4 is 5.32 Å². The molecule has 0 aliphatic carbocycles. The van der Waals surface area contributed by atoms with Crippen LogP contribution in [0.2, 0.25) is 0 Å². The van der Waals surface area contributed by atoms with E-state index < -0.39 is 4.92 Å². The number of rotatable bonds is 6. The van der Waals surface area contributed by atoms with Crippen LogP contribution in [0.4, 0.5) is 17.2 Å². The third kappa shape index (κ3) is 3.29. The van der Waals surface area contributed by atoms with Gasteiger partial charge in [0.25, 0.3) is 5.69 Å². The van der Waals surface area contributed by atoms with Crippen molar-refractivity contribution in [2.45, 2.75) is 13.5 Å². The number of aromatic nitrogens is 3. The Balaban J connectivity index is 2.09. The molecule has 0 aromatic carbocycles. The van der Waals surface area contributed by atoms with Crippen molar-refractivity contribution in [2.75, 3.05) is 19.0 Å². The lowest BCUT2D eigenvalue weighted by Crippen LogP contribution is -2.04. The van der Waals surface area contributed by atoms with Crippen LogP contribution in [0.25, 0.3) is 0 Å². The van der Waals surface area contributed by atoms with Crippen LogP contribution in [0.5, 0.6) is 0 Å². The Morgan fingerprint density at radius 1 is 1.50 bits per heavy atom. The summed E-state index contributed by atoms with van der Waals surface area (Å²) in [6.45, 7) is 3.00. The average Bonchev–Trinajstić information content (AvgIpc) is 2.86. The van der Waals surface area contributed by atoms with Gasteiger partial charge >= 0.3 is 0 Å². The highest BCUT2D eigenvalue weighted by Crippen LogP contribution is 2.21. The van der Waals surface area contributed by atoms with Crippen LogP contribution >= 0.6 is 0 Å². The summed E-state index contributed by atoms with van der Waals surface area (Å²) in [7, 11) is 1.63. The minimum Gasteiger partial charge on any atom is -0.383 e. The number of nitrogens with one attached hydrogen (secondary N) is 1. The number of nitrogens with zero attached hydrogens (tertiary/aromatic N) is 4. The van der Waals surface area contributed by atoms with Gasteiger partial charge in [-0.15, -0.1) is 0 Å². The largest absolute Gasteiger partial charge is 0.383 e. The summed E-state index contributed by atoms with van der Waals surface area (Å²) < 4.78 is 6.71. The number of nitro groups is 1. The van der Waals surface area contributed by atoms with Gasteiger partial charge in [0.1, 0.15) is 12.0 Å². The van der Waals surface area contributed by atoms with E-state index in [-0.39, 0.29) is 5.69 Å². The van der Waals surface area contributed by atoms with Gasteiger partial charge in [-0.2, -0.15) is 5.10 Å². The van der Waals surface area contributed by atoms with Crippen LogP contribution in [0.1, 0.15) is 5.56 Å². The second-order valence-electron chi connectivity index (χ2n) is 4.23. The molecule has 2 aromatic rings. The predicted octanol–water partition coefficient (Wildman–Crippen LogP) is 1.88. The van der Waals surface area contributed by atoms with Crippen LogP contribution in [-0.4, -0.2) is 33.4 Å². The van der Waals surface area contributed by atoms with Crippen molar-refractivity contribution in [1.29, 1.82) is 0 Å². The Hall–Kier alpha value is -2.48. The molecule has 2 rings (SSSR count). The van der Waals surface area contributed by atoms with E-state index in [0.29, 0.717) is 24.5 Å². The van der Waals surface area contributed by atoms with E-state index in [9.17, 15) is 10.1 Å². The molecule has 0 spiro atoms. The van der Waals surface area contributed by atoms with Gasteiger partial charge in [-0.05, 0) is 12.5 Å². The van der Waals surface area contributed by atoms with E-state index in [0.717, 1.165) is 5.69 Å². The normalized spacial score (nSPS) is 10.5. The molecule has 2 aromatic heterocycles. The Labute approximate surface area is 115 Å². The molecule has 0 radical (unpaired) electrons. The average molecular weight is 277 g/mol. The van der Waals surface area contributed by atoms with Crippen molar-refractivity contribution in [1.82, 2.24) is 14.8 Å². The zero-order valence-corrected chi connectivity index (χ0v) is 11.2. The first-order valence-electron chi connectivity index (χ1n) is 5.99. The van der Waals surface area contributed by atoms with Crippen LogP contribution in [-0.2, 0) is 11.3 Å². The van der Waals surface area contributed by atoms with Crippen molar-refractivity contribution in [3.05, 3.63) is 40.3 Å². The lowest BCUT2D eigenvalue weighted by molar-refractivity contribution is -0.385. The van der Waals surface area contributed by atoms with E-state index in [4.69, 9.17) is 4.74 Å². The predicted molar refractivity (Wildman–Crippen MR) is 73.0 cm³/mol. The zero-order valence-electron chi connectivity index (χ0n) is 11.2. The van der Waals surface area contributed by atoms with Gasteiger partial charge in [0.05, 0.1) is 30.0 Å². The van der Waals surface area contributed by atoms with E-state index in [2.05, 4.69) is 15.4 Å². The molecule has 0 bridgehead atoms. The Morgan fingerprint density at radius 2 is 2.30 bits per heavy atom. The standard InChI is InChI=1S/C12H15N5O3/c1-9-5-11(17(18)19)7-13-12(9)15-10-6-14-16(8-10)3-4-20-2/h5-8H,3-4H2,1-2H3,(H,13,15). The fraction of sp³-hybridized carbons (Fsp3) is 0.333. The molecular weight excluding hydrogens is 262 g/mol. The molecule has 0 atom stereocenters. The van der Waals surface area contributed by atoms with E-state index in [1.54, 1.807) is 24.9 Å². The van der Waals surface area contributed by atoms with Crippen molar-refractivity contribution in [3.63, 3.8) is 0 Å². The molecule has 106 valence electrons. The summed E-state index contributed by atoms with van der Waals surface area (Å²) in [5.41, 5.74) is 1.44. The van der Waals surface area contributed by atoms with E-state index in [1.165, 1.54) is 12.3 Å². The lowest BCUT2D eigenvalue weighted by atomic mass is 10.2. The summed E-state index contributed by atoms with van der Waals surface area (Å²) in [6.07, 6.45) is 4.71. The summed E-state index contributed by atoms with van der Waals surface area (Å²) in [5.74, 6) is 0.571. The Morgan fingerprint density at radius 3 is 2.95 bits per heavy atom. The smallest absolute Gasteiger partial charge is 0.287 e. The first kappa shape index (κ1) is 13.9. The number of pyridine rings is 1. The molecule has 0 fully saturated rings. The number of anilines is 2. The van der Waals surface area contributed by atoms with Gasteiger partial charge in [0, 0.05) is 19.4 Å². The van der Waals surface area contributed by atoms with Gasteiger partial charge in [0.2, 0.25) is 0 Å². The maximum Gasteiger partial charge on any atom is 0.287 e. The van der Waals surface area contributed by atoms with Gasteiger partial charge in [-0.25, -0.2) is 4.98 Å². The highest BCUT2D eigenvalue weighted by atomic mass is 16.6. The SMILES string of the molecule is COCCn1cc(Nc2ncc([N+](=O)[O-])cc2C)cn1. The van der Waals surface area contributed by atoms with Crippen molar-refractivity contribution < 1.29 is 9.66 Å². The van der Waals surface area contributed by atoms with Crippen molar-refractivity contribution >= 4 is 17.2 Å². The van der Waals surface area contributed by atoms with Crippen molar-refractivity contribution in [3.8, 4) is 0 Å². The lowest BCUT2D eigenvalue weighted by Gasteiger charge is -2.05. The molecular formula is C12H15N5O3. The minimum absolute atomic E-state index is 0.0242. The molecule has 8 nitrogen and oxygen atoms in total. The molecule has 2 heterocycles. The molecule has 1 N–H and O–H groups in total. The second kappa shape index (κ2) is 6.11.